The number of rotatable bonds is 9. The van der Waals surface area contributed by atoms with Gasteiger partial charge in [-0.05, 0) is 44.2 Å². The standard InChI is InChI=1S/C27H22Cl2F7N5O3S/c1-4-38-20-10-16(28)15(27(34,35)36)9-19(20)40(13-26(32,33)25(30)31)23(38)7-6-8-24-39(5-2)21-11-17(29)18(37-3)12-22(21)41(24)14-45(42,43)44/h6-12,25H,4-5,13-14H2,1-2H3/p+1. The Kier molecular flexibility index (Phi) is 9.43. The highest BCUT2D eigenvalue weighted by Gasteiger charge is 2.47. The molecule has 1 N–H and O–H groups in total. The zero-order valence-corrected chi connectivity index (χ0v) is 25.6. The van der Waals surface area contributed by atoms with Crippen LogP contribution in [-0.4, -0.2) is 43.0 Å². The molecule has 0 atom stereocenters. The van der Waals surface area contributed by atoms with Crippen molar-refractivity contribution < 1.29 is 48.3 Å². The van der Waals surface area contributed by atoms with Crippen LogP contribution in [0.15, 0.2) is 42.2 Å². The van der Waals surface area contributed by atoms with Crippen molar-refractivity contribution in [1.82, 2.24) is 4.57 Å². The van der Waals surface area contributed by atoms with Gasteiger partial charge in [0, 0.05) is 12.6 Å². The van der Waals surface area contributed by atoms with E-state index >= 15 is 0 Å². The Balaban J connectivity index is 1.94. The van der Waals surface area contributed by atoms with Gasteiger partial charge in [0.2, 0.25) is 11.6 Å². The summed E-state index contributed by atoms with van der Waals surface area (Å²) < 4.78 is 133. The molecule has 0 radical (unpaired) electrons. The number of aromatic nitrogens is 2. The molecule has 1 aliphatic rings. The Labute approximate surface area is 262 Å². The lowest BCUT2D eigenvalue weighted by Crippen LogP contribution is -2.42. The minimum absolute atomic E-state index is 0.000988. The van der Waals surface area contributed by atoms with Crippen LogP contribution in [0.4, 0.5) is 47.8 Å². The molecular weight excluding hydrogens is 678 g/mol. The van der Waals surface area contributed by atoms with Gasteiger partial charge in [-0.25, -0.2) is 22.8 Å². The Morgan fingerprint density at radius 3 is 2.20 bits per heavy atom. The van der Waals surface area contributed by atoms with Gasteiger partial charge in [0.1, 0.15) is 5.82 Å². The lowest BCUT2D eigenvalue weighted by Gasteiger charge is -2.28. The van der Waals surface area contributed by atoms with E-state index in [1.807, 2.05) is 0 Å². The number of fused-ring (bicyclic) bond motifs is 2. The van der Waals surface area contributed by atoms with Crippen LogP contribution in [-0.2, 0) is 28.7 Å². The number of imidazole rings is 1. The molecular formula is C27H23Cl2F7N5O3S+. The molecule has 0 spiro atoms. The highest BCUT2D eigenvalue weighted by atomic mass is 35.5. The van der Waals surface area contributed by atoms with Crippen LogP contribution in [0.5, 0.6) is 0 Å². The third-order valence-corrected chi connectivity index (χ3v) is 8.11. The minimum atomic E-state index is -4.98. The number of nitrogens with zero attached hydrogens (tertiary/aromatic N) is 5. The molecule has 0 saturated heterocycles. The third-order valence-electron chi connectivity index (χ3n) is 6.91. The number of anilines is 2. The van der Waals surface area contributed by atoms with Crippen molar-refractivity contribution >= 4 is 67.5 Å². The third kappa shape index (κ3) is 6.71. The zero-order valence-electron chi connectivity index (χ0n) is 23.3. The first kappa shape index (κ1) is 34.4. The summed E-state index contributed by atoms with van der Waals surface area (Å²) in [5.41, 5.74) is -1.24. The van der Waals surface area contributed by atoms with Crippen LogP contribution >= 0.6 is 23.2 Å². The Morgan fingerprint density at radius 1 is 1.02 bits per heavy atom. The molecule has 0 aliphatic carbocycles. The quantitative estimate of drug-likeness (QED) is 0.107. The summed E-state index contributed by atoms with van der Waals surface area (Å²) >= 11 is 12.1. The summed E-state index contributed by atoms with van der Waals surface area (Å²) in [6.07, 6.45) is -5.35. The van der Waals surface area contributed by atoms with Crippen molar-refractivity contribution in [2.75, 3.05) is 22.9 Å². The second-order valence-electron chi connectivity index (χ2n) is 9.74. The summed E-state index contributed by atoms with van der Waals surface area (Å²) in [4.78, 5) is 5.23. The number of alkyl halides is 7. The van der Waals surface area contributed by atoms with Crippen molar-refractivity contribution in [3.63, 3.8) is 0 Å². The molecule has 242 valence electrons. The predicted molar refractivity (Wildman–Crippen MR) is 156 cm³/mol. The van der Waals surface area contributed by atoms with Crippen LogP contribution in [0, 0.1) is 6.57 Å². The fourth-order valence-corrected chi connectivity index (χ4v) is 6.10. The number of allylic oxidation sites excluding steroid dienone is 2. The fourth-order valence-electron chi connectivity index (χ4n) is 5.03. The maximum absolute atomic E-state index is 14.4. The zero-order chi connectivity index (χ0) is 33.6. The highest BCUT2D eigenvalue weighted by Crippen LogP contribution is 2.48. The van der Waals surface area contributed by atoms with Crippen LogP contribution in [0.3, 0.4) is 0 Å². The molecule has 2 heterocycles. The van der Waals surface area contributed by atoms with Gasteiger partial charge in [0.25, 0.3) is 5.82 Å². The second-order valence-corrected chi connectivity index (χ2v) is 12.0. The first-order chi connectivity index (χ1) is 20.8. The molecule has 4 rings (SSSR count). The molecule has 0 unspecified atom stereocenters. The van der Waals surface area contributed by atoms with Gasteiger partial charge in [-0.15, -0.1) is 0 Å². The molecule has 18 heteroatoms. The summed E-state index contributed by atoms with van der Waals surface area (Å²) in [5, 5.41) is -0.663. The van der Waals surface area contributed by atoms with E-state index in [1.165, 1.54) is 35.3 Å². The van der Waals surface area contributed by atoms with Crippen molar-refractivity contribution in [3.8, 4) is 0 Å². The highest BCUT2D eigenvalue weighted by molar-refractivity contribution is 7.84. The average Bonchev–Trinajstić information content (AvgIpc) is 3.35. The Hall–Kier alpha value is -3.52. The lowest BCUT2D eigenvalue weighted by atomic mass is 10.1. The molecule has 0 amide bonds. The van der Waals surface area contributed by atoms with Crippen molar-refractivity contribution in [2.24, 2.45) is 0 Å². The molecule has 0 fully saturated rings. The summed E-state index contributed by atoms with van der Waals surface area (Å²) in [6.45, 7) is 9.13. The van der Waals surface area contributed by atoms with E-state index in [2.05, 4.69) is 4.85 Å². The van der Waals surface area contributed by atoms with Gasteiger partial charge in [-0.3, -0.25) is 4.55 Å². The minimum Gasteiger partial charge on any atom is -0.326 e. The van der Waals surface area contributed by atoms with Crippen molar-refractivity contribution in [1.29, 1.82) is 0 Å². The van der Waals surface area contributed by atoms with E-state index in [4.69, 9.17) is 29.8 Å². The van der Waals surface area contributed by atoms with Gasteiger partial charge >= 0.3 is 28.6 Å². The molecule has 2 aromatic carbocycles. The van der Waals surface area contributed by atoms with Crippen LogP contribution in [0.25, 0.3) is 22.0 Å². The van der Waals surface area contributed by atoms with Crippen LogP contribution in [0.1, 0.15) is 25.2 Å². The van der Waals surface area contributed by atoms with E-state index in [1.54, 1.807) is 18.4 Å². The van der Waals surface area contributed by atoms with E-state index in [0.717, 1.165) is 10.6 Å². The van der Waals surface area contributed by atoms with Gasteiger partial charge in [0.15, 0.2) is 11.0 Å². The van der Waals surface area contributed by atoms with E-state index in [-0.39, 0.29) is 46.6 Å². The predicted octanol–water partition coefficient (Wildman–Crippen LogP) is 7.77. The molecule has 0 bridgehead atoms. The molecule has 0 saturated carbocycles. The first-order valence-electron chi connectivity index (χ1n) is 12.9. The summed E-state index contributed by atoms with van der Waals surface area (Å²) in [5.74, 6) is -5.65. The number of benzene rings is 2. The topological polar surface area (TPSA) is 74.0 Å². The fraction of sp³-hybridized carbons (Fsp3) is 0.333. The molecule has 1 aliphatic heterocycles. The number of aryl methyl sites for hydroxylation is 1. The largest absolute Gasteiger partial charge is 0.417 e. The monoisotopic (exact) mass is 700 g/mol. The van der Waals surface area contributed by atoms with E-state index in [0.29, 0.717) is 16.5 Å². The maximum atomic E-state index is 14.4. The number of hydrogen-bond acceptors (Lipinski definition) is 4. The van der Waals surface area contributed by atoms with Gasteiger partial charge in [-0.1, -0.05) is 29.3 Å². The Bertz CT molecular complexity index is 1870. The van der Waals surface area contributed by atoms with E-state index in [9.17, 15) is 43.7 Å². The molecule has 45 heavy (non-hydrogen) atoms. The molecule has 1 aromatic heterocycles. The SMILES string of the molecule is [C-]#[N+]c1cc2c(cc1Cl)n(CC)c(C=CC=C1N(CC)c3cc(Cl)c(C(F)(F)F)cc3N1CC(F)(F)C(F)F)[n+]2CS(=O)(=O)O. The van der Waals surface area contributed by atoms with Crippen molar-refractivity contribution in [2.45, 2.75) is 44.8 Å². The van der Waals surface area contributed by atoms with Gasteiger partial charge in [0.05, 0.1) is 46.6 Å². The second kappa shape index (κ2) is 12.3. The van der Waals surface area contributed by atoms with Crippen LogP contribution in [0.2, 0.25) is 10.0 Å². The molecule has 3 aromatic rings. The molecule has 8 nitrogen and oxygen atoms in total. The van der Waals surface area contributed by atoms with Crippen LogP contribution < -0.4 is 14.4 Å². The lowest BCUT2D eigenvalue weighted by molar-refractivity contribution is -0.654. The smallest absolute Gasteiger partial charge is 0.326 e. The number of halogens is 9. The van der Waals surface area contributed by atoms with Gasteiger partial charge in [-0.2, -0.15) is 30.4 Å². The number of hydrogen-bond donors (Lipinski definition) is 1. The van der Waals surface area contributed by atoms with Crippen molar-refractivity contribution in [3.05, 3.63) is 75.1 Å². The van der Waals surface area contributed by atoms with Gasteiger partial charge < -0.3 is 9.80 Å². The first-order valence-corrected chi connectivity index (χ1v) is 15.3. The maximum Gasteiger partial charge on any atom is 0.417 e. The van der Waals surface area contributed by atoms with E-state index < -0.39 is 57.3 Å². The summed E-state index contributed by atoms with van der Waals surface area (Å²) in [6, 6.07) is 4.17. The normalized spacial score (nSPS) is 15.2. The Morgan fingerprint density at radius 2 is 1.67 bits per heavy atom. The summed E-state index contributed by atoms with van der Waals surface area (Å²) in [7, 11) is -4.65. The average molecular weight is 701 g/mol.